The maximum absolute atomic E-state index is 13.2. The number of aromatic nitrogens is 3. The number of morpholine rings is 1. The molecule has 0 aliphatic carbocycles. The van der Waals surface area contributed by atoms with Crippen LogP contribution in [0, 0.1) is 5.41 Å². The summed E-state index contributed by atoms with van der Waals surface area (Å²) in [5, 5.41) is 23.5. The van der Waals surface area contributed by atoms with Gasteiger partial charge in [0.2, 0.25) is 0 Å². The minimum absolute atomic E-state index is 0.147. The van der Waals surface area contributed by atoms with Crippen molar-refractivity contribution in [3.05, 3.63) is 57.6 Å². The normalized spacial score (nSPS) is 15.5. The number of ether oxygens (including phenoxy) is 1. The van der Waals surface area contributed by atoms with Crippen molar-refractivity contribution >= 4 is 34.1 Å². The highest BCUT2D eigenvalue weighted by atomic mass is 35.5. The second kappa shape index (κ2) is 10.3. The van der Waals surface area contributed by atoms with Gasteiger partial charge in [-0.3, -0.25) is 4.57 Å². The van der Waals surface area contributed by atoms with E-state index in [1.807, 2.05) is 32.0 Å². The summed E-state index contributed by atoms with van der Waals surface area (Å²) in [6, 6.07) is 8.74. The monoisotopic (exact) mass is 487 g/mol. The van der Waals surface area contributed by atoms with Crippen LogP contribution in [-0.4, -0.2) is 70.3 Å². The summed E-state index contributed by atoms with van der Waals surface area (Å²) < 4.78 is 7.05. The molecule has 1 fully saturated rings. The highest BCUT2D eigenvalue weighted by molar-refractivity contribution is 6.30. The number of pyridine rings is 1. The summed E-state index contributed by atoms with van der Waals surface area (Å²) >= 11 is 6.03. The fourth-order valence-electron chi connectivity index (χ4n) is 3.93. The van der Waals surface area contributed by atoms with Crippen LogP contribution in [-0.2, 0) is 11.3 Å². The Hall–Kier alpha value is -2.72. The maximum Gasteiger partial charge on any atom is 0.350 e. The summed E-state index contributed by atoms with van der Waals surface area (Å²) in [7, 11) is 0. The number of halogens is 1. The number of nitrogens with zero attached hydrogens (tertiary/aromatic N) is 4. The van der Waals surface area contributed by atoms with Crippen molar-refractivity contribution in [1.29, 1.82) is 0 Å². The Bertz CT molecular complexity index is 1190. The van der Waals surface area contributed by atoms with E-state index >= 15 is 0 Å². The van der Waals surface area contributed by atoms with Crippen LogP contribution in [0.2, 0.25) is 5.02 Å². The van der Waals surface area contributed by atoms with Gasteiger partial charge in [0.1, 0.15) is 5.52 Å². The summed E-state index contributed by atoms with van der Waals surface area (Å²) in [6.07, 6.45) is 1.77. The minimum Gasteiger partial charge on any atom is -0.396 e. The Labute approximate surface area is 203 Å². The second-order valence-corrected chi connectivity index (χ2v) is 9.58. The van der Waals surface area contributed by atoms with E-state index in [-0.39, 0.29) is 19.0 Å². The first kappa shape index (κ1) is 24.4. The van der Waals surface area contributed by atoms with Gasteiger partial charge in [-0.05, 0) is 23.8 Å². The highest BCUT2D eigenvalue weighted by Gasteiger charge is 2.30. The molecule has 1 atom stereocenters. The van der Waals surface area contributed by atoms with Crippen molar-refractivity contribution in [2.45, 2.75) is 26.4 Å². The molecule has 1 aliphatic rings. The molecule has 10 heteroatoms. The minimum atomic E-state index is -0.644. The van der Waals surface area contributed by atoms with Crippen molar-refractivity contribution in [1.82, 2.24) is 14.5 Å². The average Bonchev–Trinajstić information content (AvgIpc) is 2.85. The molecule has 3 heterocycles. The predicted molar refractivity (Wildman–Crippen MR) is 133 cm³/mol. The Morgan fingerprint density at radius 2 is 1.91 bits per heavy atom. The zero-order valence-electron chi connectivity index (χ0n) is 19.4. The number of hydrogen-bond donors (Lipinski definition) is 3. The first-order valence-electron chi connectivity index (χ1n) is 11.3. The second-order valence-electron chi connectivity index (χ2n) is 9.14. The number of nitrogens with one attached hydrogen (secondary N) is 1. The quantitative estimate of drug-likeness (QED) is 0.443. The smallest absolute Gasteiger partial charge is 0.350 e. The lowest BCUT2D eigenvalue weighted by Gasteiger charge is -2.32. The van der Waals surface area contributed by atoms with Crippen LogP contribution in [0.4, 0.5) is 11.5 Å². The van der Waals surface area contributed by atoms with Crippen molar-refractivity contribution < 1.29 is 14.9 Å². The molecular formula is C24H30ClN5O4. The van der Waals surface area contributed by atoms with E-state index in [1.54, 1.807) is 22.9 Å². The molecule has 182 valence electrons. The largest absolute Gasteiger partial charge is 0.396 e. The number of aliphatic hydroxyl groups excluding tert-OH is 2. The zero-order chi connectivity index (χ0) is 24.3. The molecule has 0 amide bonds. The summed E-state index contributed by atoms with van der Waals surface area (Å²) in [6.45, 7) is 6.32. The molecule has 3 N–H and O–H groups in total. The molecule has 1 aromatic carbocycles. The summed E-state index contributed by atoms with van der Waals surface area (Å²) in [4.78, 5) is 24.3. The van der Waals surface area contributed by atoms with Gasteiger partial charge >= 0.3 is 5.69 Å². The number of aliphatic hydroxyl groups is 2. The van der Waals surface area contributed by atoms with Crippen molar-refractivity contribution in [2.24, 2.45) is 5.41 Å². The fourth-order valence-corrected chi connectivity index (χ4v) is 4.05. The third-order valence-corrected chi connectivity index (χ3v) is 6.53. The molecular weight excluding hydrogens is 458 g/mol. The third kappa shape index (κ3) is 5.17. The molecule has 0 bridgehead atoms. The van der Waals surface area contributed by atoms with Gasteiger partial charge in [-0.2, -0.15) is 4.98 Å². The van der Waals surface area contributed by atoms with E-state index < -0.39 is 17.1 Å². The third-order valence-electron chi connectivity index (χ3n) is 6.28. The summed E-state index contributed by atoms with van der Waals surface area (Å²) in [5.41, 5.74) is 1.85. The molecule has 2 aromatic heterocycles. The van der Waals surface area contributed by atoms with Crippen molar-refractivity contribution in [2.75, 3.05) is 49.7 Å². The molecule has 1 unspecified atom stereocenters. The molecule has 3 aromatic rings. The Balaban J connectivity index is 1.82. The van der Waals surface area contributed by atoms with Crippen molar-refractivity contribution in [3.8, 4) is 0 Å². The van der Waals surface area contributed by atoms with Crippen LogP contribution in [0.1, 0.15) is 19.4 Å². The maximum atomic E-state index is 13.2. The first-order chi connectivity index (χ1) is 16.3. The molecule has 0 saturated carbocycles. The molecule has 0 spiro atoms. The van der Waals surface area contributed by atoms with Gasteiger partial charge in [-0.25, -0.2) is 9.78 Å². The van der Waals surface area contributed by atoms with Gasteiger partial charge in [0, 0.05) is 23.5 Å². The Kier molecular flexibility index (Phi) is 7.37. The van der Waals surface area contributed by atoms with Crippen LogP contribution >= 0.6 is 11.6 Å². The van der Waals surface area contributed by atoms with E-state index in [0.29, 0.717) is 35.8 Å². The lowest BCUT2D eigenvalue weighted by atomic mass is 9.85. The molecule has 34 heavy (non-hydrogen) atoms. The Morgan fingerprint density at radius 1 is 1.21 bits per heavy atom. The van der Waals surface area contributed by atoms with Gasteiger partial charge in [0.05, 0.1) is 56.4 Å². The van der Waals surface area contributed by atoms with Gasteiger partial charge in [0.15, 0.2) is 5.82 Å². The number of anilines is 2. The number of hydrogen-bond acceptors (Lipinski definition) is 8. The van der Waals surface area contributed by atoms with E-state index in [9.17, 15) is 15.0 Å². The molecule has 0 radical (unpaired) electrons. The Morgan fingerprint density at radius 3 is 2.56 bits per heavy atom. The van der Waals surface area contributed by atoms with Crippen molar-refractivity contribution in [3.63, 3.8) is 0 Å². The van der Waals surface area contributed by atoms with E-state index in [0.717, 1.165) is 24.3 Å². The van der Waals surface area contributed by atoms with Gasteiger partial charge in [-0.1, -0.05) is 37.6 Å². The molecule has 4 rings (SSSR count). The van der Waals surface area contributed by atoms with Crippen LogP contribution in [0.15, 0.2) is 41.3 Å². The number of benzene rings is 1. The fraction of sp³-hybridized carbons (Fsp3) is 0.458. The van der Waals surface area contributed by atoms with Crippen LogP contribution < -0.4 is 15.9 Å². The van der Waals surface area contributed by atoms with Crippen LogP contribution in [0.3, 0.4) is 0 Å². The predicted octanol–water partition coefficient (Wildman–Crippen LogP) is 2.12. The number of rotatable bonds is 8. The van der Waals surface area contributed by atoms with Gasteiger partial charge in [-0.15, -0.1) is 0 Å². The van der Waals surface area contributed by atoms with Gasteiger partial charge in [0.25, 0.3) is 0 Å². The zero-order valence-corrected chi connectivity index (χ0v) is 20.1. The lowest BCUT2D eigenvalue weighted by Crippen LogP contribution is -2.42. The average molecular weight is 488 g/mol. The first-order valence-corrected chi connectivity index (χ1v) is 11.7. The van der Waals surface area contributed by atoms with E-state index in [4.69, 9.17) is 16.3 Å². The van der Waals surface area contributed by atoms with E-state index in [1.165, 1.54) is 0 Å². The van der Waals surface area contributed by atoms with E-state index in [2.05, 4.69) is 20.2 Å². The van der Waals surface area contributed by atoms with Crippen LogP contribution in [0.5, 0.6) is 0 Å². The summed E-state index contributed by atoms with van der Waals surface area (Å²) in [5.74, 6) is 0.279. The van der Waals surface area contributed by atoms with Crippen LogP contribution in [0.25, 0.3) is 11.0 Å². The molecule has 1 saturated heterocycles. The highest BCUT2D eigenvalue weighted by Crippen LogP contribution is 2.28. The molecule has 1 aliphatic heterocycles. The topological polar surface area (TPSA) is 113 Å². The number of fused-ring (bicyclic) bond motifs is 1. The molecule has 9 nitrogen and oxygen atoms in total. The standard InChI is InChI=1S/C24H30ClN5O4/c1-24(2,15-32)20(14-31)27-22-21-19(11-18(12-26-21)29-7-9-34-10-8-29)30(23(33)28-22)13-16-3-5-17(25)6-4-16/h3-6,11-12,20,31-32H,7-10,13-15H2,1-2H3,(H,27,28,33). The lowest BCUT2D eigenvalue weighted by molar-refractivity contribution is 0.107. The van der Waals surface area contributed by atoms with Gasteiger partial charge < -0.3 is 25.2 Å². The SMILES string of the molecule is CC(C)(CO)C(CO)Nc1nc(=O)n(Cc2ccc(Cl)cc2)c2cc(N3CCOCC3)cnc12.